The van der Waals surface area contributed by atoms with Gasteiger partial charge in [-0.3, -0.25) is 4.79 Å². The van der Waals surface area contributed by atoms with E-state index in [9.17, 15) is 9.90 Å². The number of aromatic hydroxyl groups is 1. The lowest BCUT2D eigenvalue weighted by molar-refractivity contribution is 0.0845. The van der Waals surface area contributed by atoms with Crippen molar-refractivity contribution in [3.63, 3.8) is 0 Å². The number of phenolic OH excluding ortho intramolecular Hbond substituents is 1. The van der Waals surface area contributed by atoms with Crippen molar-refractivity contribution in [1.29, 1.82) is 0 Å². The van der Waals surface area contributed by atoms with Gasteiger partial charge in [-0.1, -0.05) is 47.5 Å². The molecule has 2 aromatic carbocycles. The van der Waals surface area contributed by atoms with Crippen molar-refractivity contribution in [2.75, 3.05) is 0 Å². The zero-order chi connectivity index (χ0) is 17.3. The van der Waals surface area contributed by atoms with Gasteiger partial charge in [-0.2, -0.15) is 0 Å². The first-order valence-electron chi connectivity index (χ1n) is 8.20. The van der Waals surface area contributed by atoms with E-state index in [1.165, 1.54) is 11.1 Å². The summed E-state index contributed by atoms with van der Waals surface area (Å²) in [6.07, 6.45) is 2.59. The molecule has 3 heteroatoms. The zero-order valence-corrected chi connectivity index (χ0v) is 14.3. The summed E-state index contributed by atoms with van der Waals surface area (Å²) in [6, 6.07) is 11.6. The highest BCUT2D eigenvalue weighted by molar-refractivity contribution is 6.02. The van der Waals surface area contributed by atoms with Crippen LogP contribution in [0.1, 0.15) is 53.4 Å². The van der Waals surface area contributed by atoms with E-state index in [2.05, 4.69) is 0 Å². The molecule has 3 nitrogen and oxygen atoms in total. The van der Waals surface area contributed by atoms with Crippen LogP contribution in [0.15, 0.2) is 48.0 Å². The van der Waals surface area contributed by atoms with E-state index in [0.717, 1.165) is 11.1 Å². The number of fused-ring (bicyclic) bond motifs is 1. The molecule has 1 atom stereocenters. The van der Waals surface area contributed by atoms with E-state index < -0.39 is 0 Å². The molecule has 0 saturated carbocycles. The highest BCUT2D eigenvalue weighted by Gasteiger charge is 2.30. The topological polar surface area (TPSA) is 46.5 Å². The van der Waals surface area contributed by atoms with Crippen molar-refractivity contribution in [3.05, 3.63) is 70.3 Å². The first-order chi connectivity index (χ1) is 11.5. The van der Waals surface area contributed by atoms with Gasteiger partial charge < -0.3 is 9.84 Å². The van der Waals surface area contributed by atoms with Crippen LogP contribution in [-0.2, 0) is 6.42 Å². The Morgan fingerprint density at radius 3 is 2.58 bits per heavy atom. The molecule has 0 aromatic heterocycles. The third-order valence-corrected chi connectivity index (χ3v) is 4.32. The van der Waals surface area contributed by atoms with Crippen molar-refractivity contribution < 1.29 is 14.6 Å². The Labute approximate surface area is 142 Å². The molecule has 1 N–H and O–H groups in total. The van der Waals surface area contributed by atoms with Crippen LogP contribution >= 0.6 is 0 Å². The fourth-order valence-electron chi connectivity index (χ4n) is 2.89. The van der Waals surface area contributed by atoms with Crippen LogP contribution in [0.4, 0.5) is 0 Å². The molecule has 124 valence electrons. The van der Waals surface area contributed by atoms with Gasteiger partial charge in [0.25, 0.3) is 0 Å². The Morgan fingerprint density at radius 2 is 1.92 bits per heavy atom. The Morgan fingerprint density at radius 1 is 1.21 bits per heavy atom. The molecule has 2 aromatic rings. The van der Waals surface area contributed by atoms with Crippen LogP contribution in [-0.4, -0.2) is 10.9 Å². The van der Waals surface area contributed by atoms with Crippen molar-refractivity contribution in [2.45, 2.75) is 39.7 Å². The maximum atomic E-state index is 12.6. The smallest absolute Gasteiger partial charge is 0.174 e. The molecule has 1 aliphatic rings. The molecule has 0 saturated heterocycles. The fraction of sp³-hybridized carbons (Fsp3) is 0.286. The lowest BCUT2D eigenvalue weighted by Crippen LogP contribution is -2.20. The lowest BCUT2D eigenvalue weighted by atomic mass is 9.93. The van der Waals surface area contributed by atoms with Crippen molar-refractivity contribution in [2.24, 2.45) is 0 Å². The number of allylic oxidation sites excluding steroid dienone is 2. The predicted octanol–water partition coefficient (Wildman–Crippen LogP) is 4.92. The summed E-state index contributed by atoms with van der Waals surface area (Å²) < 4.78 is 5.99. The van der Waals surface area contributed by atoms with Crippen LogP contribution < -0.4 is 4.74 Å². The van der Waals surface area contributed by atoms with Gasteiger partial charge in [-0.15, -0.1) is 0 Å². The van der Waals surface area contributed by atoms with E-state index in [1.54, 1.807) is 6.07 Å². The first-order valence-corrected chi connectivity index (χ1v) is 8.20. The van der Waals surface area contributed by atoms with Crippen LogP contribution in [0.25, 0.3) is 0 Å². The molecule has 1 heterocycles. The Balaban J connectivity index is 1.92. The van der Waals surface area contributed by atoms with E-state index in [-0.39, 0.29) is 24.1 Å². The third kappa shape index (κ3) is 3.21. The van der Waals surface area contributed by atoms with Gasteiger partial charge in [0.2, 0.25) is 0 Å². The quantitative estimate of drug-likeness (QED) is 0.816. The number of rotatable bonds is 3. The van der Waals surface area contributed by atoms with Crippen molar-refractivity contribution >= 4 is 5.78 Å². The maximum absolute atomic E-state index is 12.6. The summed E-state index contributed by atoms with van der Waals surface area (Å²) in [7, 11) is 0. The molecule has 3 rings (SSSR count). The zero-order valence-electron chi connectivity index (χ0n) is 14.3. The molecule has 0 spiro atoms. The molecular weight excluding hydrogens is 300 g/mol. The Hall–Kier alpha value is -2.55. The number of Topliss-reactive ketones (excluding diaryl/α,β-unsaturated/α-hetero) is 1. The van der Waals surface area contributed by atoms with Gasteiger partial charge in [-0.25, -0.2) is 0 Å². The molecule has 1 unspecified atom stereocenters. The molecular formula is C21H22O3. The number of hydrogen-bond acceptors (Lipinski definition) is 3. The summed E-state index contributed by atoms with van der Waals surface area (Å²) in [5.74, 6) is 0.450. The predicted molar refractivity (Wildman–Crippen MR) is 94.7 cm³/mol. The average Bonchev–Trinajstić information content (AvgIpc) is 2.54. The maximum Gasteiger partial charge on any atom is 0.174 e. The molecule has 0 fully saturated rings. The second-order valence-corrected chi connectivity index (χ2v) is 6.58. The number of carbonyl (C=O) groups is 1. The standard InChI is InChI=1S/C21H22O3/c1-13(2)4-7-16-10-11-18-20(21(16)23)17(22)12-19(24-18)15-8-5-14(3)6-9-15/h4-6,8-11,19,23H,7,12H2,1-3H3. The highest BCUT2D eigenvalue weighted by atomic mass is 16.5. The van der Waals surface area contributed by atoms with Gasteiger partial charge >= 0.3 is 0 Å². The monoisotopic (exact) mass is 322 g/mol. The first kappa shape index (κ1) is 16.3. The van der Waals surface area contributed by atoms with Crippen LogP contribution in [0, 0.1) is 6.92 Å². The minimum atomic E-state index is -0.298. The highest BCUT2D eigenvalue weighted by Crippen LogP contribution is 2.41. The second-order valence-electron chi connectivity index (χ2n) is 6.58. The molecule has 24 heavy (non-hydrogen) atoms. The number of benzene rings is 2. The van der Waals surface area contributed by atoms with E-state index in [0.29, 0.717) is 17.7 Å². The minimum absolute atomic E-state index is 0.0531. The number of aryl methyl sites for hydroxylation is 1. The van der Waals surface area contributed by atoms with Gasteiger partial charge in [0.1, 0.15) is 23.2 Å². The Bertz CT molecular complexity index is 797. The van der Waals surface area contributed by atoms with Crippen LogP contribution in [0.5, 0.6) is 11.5 Å². The van der Waals surface area contributed by atoms with Gasteiger partial charge in [0.05, 0.1) is 6.42 Å². The van der Waals surface area contributed by atoms with Gasteiger partial charge in [0.15, 0.2) is 5.78 Å². The van der Waals surface area contributed by atoms with Crippen LogP contribution in [0.3, 0.4) is 0 Å². The molecule has 0 bridgehead atoms. The number of hydrogen-bond donors (Lipinski definition) is 1. The SMILES string of the molecule is CC(C)=CCc1ccc2c(c1O)C(=O)CC(c1ccc(C)cc1)O2. The van der Waals surface area contributed by atoms with E-state index in [1.807, 2.05) is 57.2 Å². The lowest BCUT2D eigenvalue weighted by Gasteiger charge is -2.26. The Kier molecular flexibility index (Phi) is 4.43. The summed E-state index contributed by atoms with van der Waals surface area (Å²) in [4.78, 5) is 12.6. The average molecular weight is 322 g/mol. The summed E-state index contributed by atoms with van der Waals surface area (Å²) in [6.45, 7) is 6.05. The number of phenols is 1. The second kappa shape index (κ2) is 6.52. The van der Waals surface area contributed by atoms with E-state index in [4.69, 9.17) is 4.74 Å². The van der Waals surface area contributed by atoms with Crippen molar-refractivity contribution in [3.8, 4) is 11.5 Å². The van der Waals surface area contributed by atoms with Gasteiger partial charge in [-0.05, 0) is 44.4 Å². The summed E-state index contributed by atoms with van der Waals surface area (Å²) >= 11 is 0. The summed E-state index contributed by atoms with van der Waals surface area (Å²) in [5, 5.41) is 10.5. The third-order valence-electron chi connectivity index (χ3n) is 4.32. The van der Waals surface area contributed by atoms with E-state index >= 15 is 0 Å². The fourth-order valence-corrected chi connectivity index (χ4v) is 2.89. The van der Waals surface area contributed by atoms with Gasteiger partial charge in [0, 0.05) is 0 Å². The van der Waals surface area contributed by atoms with Crippen molar-refractivity contribution in [1.82, 2.24) is 0 Å². The molecule has 0 aliphatic carbocycles. The number of ketones is 1. The summed E-state index contributed by atoms with van der Waals surface area (Å²) in [5.41, 5.74) is 4.39. The largest absolute Gasteiger partial charge is 0.507 e. The normalized spacial score (nSPS) is 16.3. The molecule has 1 aliphatic heterocycles. The number of ether oxygens (including phenoxy) is 1. The van der Waals surface area contributed by atoms with Crippen LogP contribution in [0.2, 0.25) is 0 Å². The number of carbonyl (C=O) groups excluding carboxylic acids is 1. The minimum Gasteiger partial charge on any atom is -0.507 e. The molecule has 0 radical (unpaired) electrons. The molecule has 0 amide bonds.